The minimum Gasteiger partial charge on any atom is -0.496 e. The summed E-state index contributed by atoms with van der Waals surface area (Å²) in [5.41, 5.74) is 2.28. The number of thioether (sulfide) groups is 1. The minimum absolute atomic E-state index is 0.106. The van der Waals surface area contributed by atoms with Gasteiger partial charge in [0.15, 0.2) is 0 Å². The molecule has 0 aromatic heterocycles. The summed E-state index contributed by atoms with van der Waals surface area (Å²) in [6.45, 7) is 5.47. The Labute approximate surface area is 152 Å². The van der Waals surface area contributed by atoms with E-state index < -0.39 is 11.9 Å². The monoisotopic (exact) mass is 356 g/mol. The van der Waals surface area contributed by atoms with Crippen molar-refractivity contribution in [1.29, 1.82) is 5.26 Å². The first-order chi connectivity index (χ1) is 12.1. The average molecular weight is 356 g/mol. The lowest BCUT2D eigenvalue weighted by molar-refractivity contribution is -0.138. The number of rotatable bonds is 6. The number of carbonyl (C=O) groups is 1. The molecule has 0 amide bonds. The quantitative estimate of drug-likeness (QED) is 0.621. The normalized spacial score (nSPS) is 16.8. The Morgan fingerprint density at radius 2 is 2.20 bits per heavy atom. The maximum atomic E-state index is 12.7. The number of nitrogens with zero attached hydrogens (tertiary/aromatic N) is 1. The second-order valence-corrected chi connectivity index (χ2v) is 6.10. The highest BCUT2D eigenvalue weighted by molar-refractivity contribution is 8.02. The zero-order chi connectivity index (χ0) is 18.4. The molecule has 0 bridgehead atoms. The van der Waals surface area contributed by atoms with Crippen LogP contribution in [0.3, 0.4) is 0 Å². The summed E-state index contributed by atoms with van der Waals surface area (Å²) >= 11 is 1.43. The van der Waals surface area contributed by atoms with E-state index in [9.17, 15) is 10.1 Å². The molecule has 1 aliphatic rings. The Balaban J connectivity index is 2.66. The molecule has 0 unspecified atom stereocenters. The molecule has 25 heavy (non-hydrogen) atoms. The fraction of sp³-hybridized carbons (Fsp3) is 0.263. The van der Waals surface area contributed by atoms with Gasteiger partial charge in [0.1, 0.15) is 12.4 Å². The number of nitrogens with one attached hydrogen (secondary N) is 1. The smallest absolute Gasteiger partial charge is 0.337 e. The molecule has 1 aliphatic heterocycles. The number of nitriles is 1. The van der Waals surface area contributed by atoms with E-state index in [4.69, 9.17) is 9.47 Å². The van der Waals surface area contributed by atoms with E-state index in [0.717, 1.165) is 10.6 Å². The average Bonchev–Trinajstić information content (AvgIpc) is 2.64. The van der Waals surface area contributed by atoms with Gasteiger partial charge in [-0.3, -0.25) is 0 Å². The van der Waals surface area contributed by atoms with Gasteiger partial charge in [-0.1, -0.05) is 30.9 Å². The van der Waals surface area contributed by atoms with Gasteiger partial charge in [-0.2, -0.15) is 5.26 Å². The predicted octanol–water partition coefficient (Wildman–Crippen LogP) is 3.48. The van der Waals surface area contributed by atoms with E-state index in [1.54, 1.807) is 14.0 Å². The van der Waals surface area contributed by atoms with Gasteiger partial charge in [-0.05, 0) is 19.2 Å². The predicted molar refractivity (Wildman–Crippen MR) is 98.9 cm³/mol. The van der Waals surface area contributed by atoms with Crippen molar-refractivity contribution < 1.29 is 14.3 Å². The summed E-state index contributed by atoms with van der Waals surface area (Å²) in [5.74, 6) is -0.416. The van der Waals surface area contributed by atoms with Gasteiger partial charge in [0.05, 0.1) is 35.3 Å². The van der Waals surface area contributed by atoms with E-state index in [1.807, 2.05) is 30.5 Å². The number of allylic oxidation sites excluding steroid dienone is 2. The molecule has 0 spiro atoms. The molecule has 1 N–H and O–H groups in total. The number of para-hydroxylation sites is 1. The Bertz CT molecular complexity index is 790. The SMILES string of the molecule is C=CCOC(=O)C1=C(C)NC(SC)=C(C#N)[C@H]1c1ccccc1OC. The van der Waals surface area contributed by atoms with Crippen molar-refractivity contribution in [3.05, 3.63) is 64.4 Å². The number of esters is 1. The number of carbonyl (C=O) groups excluding carboxylic acids is 1. The molecule has 0 saturated heterocycles. The van der Waals surface area contributed by atoms with Crippen LogP contribution >= 0.6 is 11.8 Å². The molecule has 5 nitrogen and oxygen atoms in total. The first-order valence-corrected chi connectivity index (χ1v) is 8.88. The molecule has 130 valence electrons. The van der Waals surface area contributed by atoms with Crippen molar-refractivity contribution in [3.8, 4) is 11.8 Å². The maximum absolute atomic E-state index is 12.7. The Morgan fingerprint density at radius 1 is 1.48 bits per heavy atom. The molecule has 0 fully saturated rings. The van der Waals surface area contributed by atoms with Gasteiger partial charge in [-0.15, -0.1) is 11.8 Å². The van der Waals surface area contributed by atoms with Crippen molar-refractivity contribution >= 4 is 17.7 Å². The first kappa shape index (κ1) is 18.7. The van der Waals surface area contributed by atoms with Gasteiger partial charge in [-0.25, -0.2) is 4.79 Å². The van der Waals surface area contributed by atoms with Crippen molar-refractivity contribution in [2.75, 3.05) is 20.0 Å². The third kappa shape index (κ3) is 3.72. The van der Waals surface area contributed by atoms with E-state index in [-0.39, 0.29) is 6.61 Å². The maximum Gasteiger partial charge on any atom is 0.337 e. The zero-order valence-corrected chi connectivity index (χ0v) is 15.3. The molecule has 1 aromatic carbocycles. The summed E-state index contributed by atoms with van der Waals surface area (Å²) in [7, 11) is 1.57. The van der Waals surface area contributed by atoms with Crippen LogP contribution in [0.1, 0.15) is 18.4 Å². The highest BCUT2D eigenvalue weighted by Crippen LogP contribution is 2.43. The second-order valence-electron chi connectivity index (χ2n) is 5.28. The van der Waals surface area contributed by atoms with Crippen LogP contribution in [0.5, 0.6) is 5.75 Å². The van der Waals surface area contributed by atoms with Crippen molar-refractivity contribution in [2.24, 2.45) is 0 Å². The molecule has 0 saturated carbocycles. The Kier molecular flexibility index (Phi) is 6.31. The molecular formula is C19H20N2O3S. The number of dihydropyridines is 1. The number of hydrogen-bond donors (Lipinski definition) is 1. The van der Waals surface area contributed by atoms with Gasteiger partial charge in [0.2, 0.25) is 0 Å². The molecule has 0 radical (unpaired) electrons. The standard InChI is InChI=1S/C19H20N2O3S/c1-5-10-24-19(22)16-12(2)21-18(25-4)14(11-20)17(16)13-8-6-7-9-15(13)23-3/h5-9,17,21H,1,10H2,2-4H3/t17-/m1/s1. The fourth-order valence-electron chi connectivity index (χ4n) is 2.77. The van der Waals surface area contributed by atoms with Crippen LogP contribution in [0, 0.1) is 11.3 Å². The van der Waals surface area contributed by atoms with Crippen LogP contribution in [0.25, 0.3) is 0 Å². The molecule has 1 heterocycles. The molecule has 6 heteroatoms. The third-order valence-corrected chi connectivity index (χ3v) is 4.58. The van der Waals surface area contributed by atoms with E-state index >= 15 is 0 Å². The van der Waals surface area contributed by atoms with Gasteiger partial charge in [0, 0.05) is 11.3 Å². The highest BCUT2D eigenvalue weighted by Gasteiger charge is 2.36. The number of benzene rings is 1. The van der Waals surface area contributed by atoms with Crippen molar-refractivity contribution in [2.45, 2.75) is 12.8 Å². The van der Waals surface area contributed by atoms with E-state index in [0.29, 0.717) is 22.6 Å². The molecule has 0 aliphatic carbocycles. The molecule has 1 aromatic rings. The van der Waals surface area contributed by atoms with Crippen LogP contribution in [0.2, 0.25) is 0 Å². The third-order valence-electron chi connectivity index (χ3n) is 3.85. The highest BCUT2D eigenvalue weighted by atomic mass is 32.2. The van der Waals surface area contributed by atoms with Crippen LogP contribution < -0.4 is 10.1 Å². The van der Waals surface area contributed by atoms with Crippen LogP contribution in [0.15, 0.2) is 58.8 Å². The molecule has 2 rings (SSSR count). The van der Waals surface area contributed by atoms with Gasteiger partial charge >= 0.3 is 5.97 Å². The van der Waals surface area contributed by atoms with Crippen molar-refractivity contribution in [1.82, 2.24) is 5.32 Å². The van der Waals surface area contributed by atoms with E-state index in [2.05, 4.69) is 18.0 Å². The lowest BCUT2D eigenvalue weighted by Crippen LogP contribution is -2.29. The van der Waals surface area contributed by atoms with Gasteiger partial charge in [0.25, 0.3) is 0 Å². The fourth-order valence-corrected chi connectivity index (χ4v) is 3.41. The Morgan fingerprint density at radius 3 is 2.80 bits per heavy atom. The summed E-state index contributed by atoms with van der Waals surface area (Å²) in [5, 5.41) is 13.6. The van der Waals surface area contributed by atoms with Crippen LogP contribution in [-0.4, -0.2) is 25.9 Å². The lowest BCUT2D eigenvalue weighted by atomic mass is 9.82. The summed E-state index contributed by atoms with van der Waals surface area (Å²) in [4.78, 5) is 12.7. The number of methoxy groups -OCH3 is 1. The van der Waals surface area contributed by atoms with Crippen molar-refractivity contribution in [3.63, 3.8) is 0 Å². The summed E-state index contributed by atoms with van der Waals surface area (Å²) < 4.78 is 10.7. The van der Waals surface area contributed by atoms with E-state index in [1.165, 1.54) is 17.8 Å². The summed E-state index contributed by atoms with van der Waals surface area (Å²) in [6.07, 6.45) is 3.39. The van der Waals surface area contributed by atoms with Crippen LogP contribution in [0.4, 0.5) is 0 Å². The zero-order valence-electron chi connectivity index (χ0n) is 14.5. The van der Waals surface area contributed by atoms with Crippen LogP contribution in [-0.2, 0) is 9.53 Å². The molecular weight excluding hydrogens is 336 g/mol. The summed E-state index contributed by atoms with van der Waals surface area (Å²) in [6, 6.07) is 9.62. The largest absolute Gasteiger partial charge is 0.496 e. The Hall–Kier alpha value is -2.65. The van der Waals surface area contributed by atoms with Gasteiger partial charge < -0.3 is 14.8 Å². The first-order valence-electron chi connectivity index (χ1n) is 7.66. The molecule has 1 atom stereocenters. The topological polar surface area (TPSA) is 71.3 Å². The number of ether oxygens (including phenoxy) is 2. The minimum atomic E-state index is -0.554. The number of hydrogen-bond acceptors (Lipinski definition) is 6. The second kappa shape index (κ2) is 8.45. The lowest BCUT2D eigenvalue weighted by Gasteiger charge is -2.29.